The van der Waals surface area contributed by atoms with Crippen LogP contribution in [0.2, 0.25) is 0 Å². The van der Waals surface area contributed by atoms with Gasteiger partial charge >= 0.3 is 0 Å². The number of carbonyl (C=O) groups excluding carboxylic acids is 1. The number of nitrogens with one attached hydrogen (secondary N) is 1. The van der Waals surface area contributed by atoms with E-state index < -0.39 is 6.04 Å². The molecule has 0 spiro atoms. The summed E-state index contributed by atoms with van der Waals surface area (Å²) in [5.41, 5.74) is 7.36. The molecule has 4 heteroatoms. The Bertz CT molecular complexity index is 503. The lowest BCUT2D eigenvalue weighted by Gasteiger charge is -2.40. The first kappa shape index (κ1) is 18.9. The number of hydrogen-bond donors (Lipinski definition) is 2. The van der Waals surface area contributed by atoms with Gasteiger partial charge in [0.25, 0.3) is 0 Å². The van der Waals surface area contributed by atoms with E-state index in [4.69, 9.17) is 5.73 Å². The molecule has 0 bridgehead atoms. The summed E-state index contributed by atoms with van der Waals surface area (Å²) in [5.74, 6) is 0.163. The molecule has 0 aliphatic heterocycles. The Morgan fingerprint density at radius 2 is 1.92 bits per heavy atom. The highest BCUT2D eigenvalue weighted by Gasteiger charge is 2.32. The molecule has 2 rings (SSSR count). The fraction of sp³-hybridized carbons (Fsp3) is 0.650. The molecule has 4 nitrogen and oxygen atoms in total. The van der Waals surface area contributed by atoms with E-state index in [1.54, 1.807) is 0 Å². The molecule has 1 aromatic rings. The first-order valence-corrected chi connectivity index (χ1v) is 9.36. The summed E-state index contributed by atoms with van der Waals surface area (Å²) in [5, 5.41) is 3.25. The second kappa shape index (κ2) is 9.19. The Labute approximate surface area is 146 Å². The highest BCUT2D eigenvalue weighted by atomic mass is 16.2. The largest absolute Gasteiger partial charge is 0.350 e. The Morgan fingerprint density at radius 3 is 2.54 bits per heavy atom. The van der Waals surface area contributed by atoms with Gasteiger partial charge < -0.3 is 11.1 Å². The van der Waals surface area contributed by atoms with Crippen molar-refractivity contribution in [1.29, 1.82) is 0 Å². The number of likely N-dealkylation sites (N-methyl/N-ethyl adjacent to an activating group) is 1. The van der Waals surface area contributed by atoms with E-state index in [1.165, 1.54) is 18.4 Å². The molecule has 134 valence electrons. The Hall–Kier alpha value is -1.39. The molecule has 1 amide bonds. The molecule has 1 saturated carbocycles. The Kier molecular flexibility index (Phi) is 7.25. The third-order valence-corrected chi connectivity index (χ3v) is 5.18. The second-order valence-corrected chi connectivity index (χ2v) is 7.29. The van der Waals surface area contributed by atoms with Gasteiger partial charge in [-0.25, -0.2) is 0 Å². The van der Waals surface area contributed by atoms with Crippen molar-refractivity contribution in [2.24, 2.45) is 11.7 Å². The van der Waals surface area contributed by atoms with Crippen molar-refractivity contribution in [3.05, 3.63) is 35.9 Å². The van der Waals surface area contributed by atoms with Crippen molar-refractivity contribution in [3.63, 3.8) is 0 Å². The van der Waals surface area contributed by atoms with Crippen molar-refractivity contribution in [2.45, 2.75) is 71.1 Å². The zero-order chi connectivity index (χ0) is 17.5. The van der Waals surface area contributed by atoms with E-state index in [0.29, 0.717) is 6.04 Å². The molecule has 3 unspecified atom stereocenters. The van der Waals surface area contributed by atoms with Crippen LogP contribution in [-0.2, 0) is 11.3 Å². The van der Waals surface area contributed by atoms with Crippen molar-refractivity contribution in [3.8, 4) is 0 Å². The molecular weight excluding hydrogens is 298 g/mol. The van der Waals surface area contributed by atoms with Gasteiger partial charge in [0.2, 0.25) is 5.91 Å². The molecule has 0 saturated heterocycles. The summed E-state index contributed by atoms with van der Waals surface area (Å²) in [7, 11) is 0. The quantitative estimate of drug-likeness (QED) is 0.808. The van der Waals surface area contributed by atoms with E-state index >= 15 is 0 Å². The minimum Gasteiger partial charge on any atom is -0.350 e. The van der Waals surface area contributed by atoms with Crippen LogP contribution in [0, 0.1) is 5.92 Å². The Balaban J connectivity index is 2.05. The van der Waals surface area contributed by atoms with Crippen LogP contribution < -0.4 is 11.1 Å². The maximum atomic E-state index is 12.4. The van der Waals surface area contributed by atoms with Crippen LogP contribution in [-0.4, -0.2) is 35.5 Å². The molecule has 3 atom stereocenters. The van der Waals surface area contributed by atoms with E-state index in [9.17, 15) is 4.79 Å². The van der Waals surface area contributed by atoms with Crippen molar-refractivity contribution >= 4 is 5.91 Å². The van der Waals surface area contributed by atoms with Gasteiger partial charge in [0, 0.05) is 18.6 Å². The lowest BCUT2D eigenvalue weighted by Crippen LogP contribution is -2.56. The van der Waals surface area contributed by atoms with E-state index in [-0.39, 0.29) is 17.9 Å². The van der Waals surface area contributed by atoms with Gasteiger partial charge in [-0.15, -0.1) is 0 Å². The fourth-order valence-electron chi connectivity index (χ4n) is 3.58. The van der Waals surface area contributed by atoms with Gasteiger partial charge in [-0.1, -0.05) is 63.9 Å². The van der Waals surface area contributed by atoms with Gasteiger partial charge in [-0.2, -0.15) is 0 Å². The van der Waals surface area contributed by atoms with Crippen molar-refractivity contribution in [2.75, 3.05) is 6.54 Å². The zero-order valence-corrected chi connectivity index (χ0v) is 15.4. The second-order valence-electron chi connectivity index (χ2n) is 7.29. The molecular formula is C20H33N3O. The SMILES string of the molecule is CCN(Cc1ccccc1)C1CCCCC1NC(=O)C(N)C(C)C. The monoisotopic (exact) mass is 331 g/mol. The average Bonchev–Trinajstić information content (AvgIpc) is 2.60. The maximum Gasteiger partial charge on any atom is 0.237 e. The van der Waals surface area contributed by atoms with Gasteiger partial charge in [-0.05, 0) is 30.9 Å². The summed E-state index contributed by atoms with van der Waals surface area (Å²) in [6, 6.07) is 10.8. The van der Waals surface area contributed by atoms with Crippen molar-refractivity contribution in [1.82, 2.24) is 10.2 Å². The topological polar surface area (TPSA) is 58.4 Å². The first-order valence-electron chi connectivity index (χ1n) is 9.36. The highest BCUT2D eigenvalue weighted by Crippen LogP contribution is 2.25. The van der Waals surface area contributed by atoms with Gasteiger partial charge in [-0.3, -0.25) is 9.69 Å². The number of nitrogens with zero attached hydrogens (tertiary/aromatic N) is 1. The molecule has 24 heavy (non-hydrogen) atoms. The predicted molar refractivity (Wildman–Crippen MR) is 99.5 cm³/mol. The Morgan fingerprint density at radius 1 is 1.25 bits per heavy atom. The summed E-state index contributed by atoms with van der Waals surface area (Å²) in [6.45, 7) is 8.12. The van der Waals surface area contributed by atoms with Gasteiger partial charge in [0.1, 0.15) is 0 Å². The van der Waals surface area contributed by atoms with E-state index in [2.05, 4.69) is 47.5 Å². The predicted octanol–water partition coefficient (Wildman–Crippen LogP) is 2.92. The third kappa shape index (κ3) is 5.05. The van der Waals surface area contributed by atoms with E-state index in [0.717, 1.165) is 25.9 Å². The molecule has 1 aliphatic rings. The lowest BCUT2D eigenvalue weighted by molar-refractivity contribution is -0.124. The fourth-order valence-corrected chi connectivity index (χ4v) is 3.58. The van der Waals surface area contributed by atoms with Crippen molar-refractivity contribution < 1.29 is 4.79 Å². The summed E-state index contributed by atoms with van der Waals surface area (Å²) < 4.78 is 0. The standard InChI is InChI=1S/C20H33N3O/c1-4-23(14-16-10-6-5-7-11-16)18-13-9-8-12-17(18)22-20(24)19(21)15(2)3/h5-7,10-11,15,17-19H,4,8-9,12-14,21H2,1-3H3,(H,22,24). The van der Waals surface area contributed by atoms with Crippen LogP contribution in [0.15, 0.2) is 30.3 Å². The van der Waals surface area contributed by atoms with E-state index in [1.807, 2.05) is 13.8 Å². The van der Waals surface area contributed by atoms with Crippen LogP contribution in [0.25, 0.3) is 0 Å². The lowest BCUT2D eigenvalue weighted by atomic mass is 9.88. The molecule has 0 heterocycles. The van der Waals surface area contributed by atoms with Crippen LogP contribution in [0.1, 0.15) is 52.0 Å². The number of nitrogens with two attached hydrogens (primary N) is 1. The molecule has 1 fully saturated rings. The number of hydrogen-bond acceptors (Lipinski definition) is 3. The smallest absolute Gasteiger partial charge is 0.237 e. The average molecular weight is 332 g/mol. The first-order chi connectivity index (χ1) is 11.5. The summed E-state index contributed by atoms with van der Waals surface area (Å²) in [6.07, 6.45) is 4.61. The molecule has 3 N–H and O–H groups in total. The van der Waals surface area contributed by atoms with Crippen LogP contribution in [0.3, 0.4) is 0 Å². The zero-order valence-electron chi connectivity index (χ0n) is 15.4. The van der Waals surface area contributed by atoms with Gasteiger partial charge in [0.05, 0.1) is 6.04 Å². The number of rotatable bonds is 7. The molecule has 1 aliphatic carbocycles. The molecule has 0 radical (unpaired) electrons. The normalized spacial score (nSPS) is 22.6. The number of amides is 1. The van der Waals surface area contributed by atoms with Crippen LogP contribution in [0.5, 0.6) is 0 Å². The number of carbonyl (C=O) groups is 1. The summed E-state index contributed by atoms with van der Waals surface area (Å²) >= 11 is 0. The minimum absolute atomic E-state index is 0.00216. The minimum atomic E-state index is -0.420. The molecule has 1 aromatic carbocycles. The van der Waals surface area contributed by atoms with Crippen LogP contribution >= 0.6 is 0 Å². The highest BCUT2D eigenvalue weighted by molar-refractivity contribution is 5.82. The third-order valence-electron chi connectivity index (χ3n) is 5.18. The number of benzene rings is 1. The molecule has 0 aromatic heterocycles. The summed E-state index contributed by atoms with van der Waals surface area (Å²) in [4.78, 5) is 14.9. The van der Waals surface area contributed by atoms with Gasteiger partial charge in [0.15, 0.2) is 0 Å². The maximum absolute atomic E-state index is 12.4. The van der Waals surface area contributed by atoms with Crippen LogP contribution in [0.4, 0.5) is 0 Å².